The molecule has 0 aliphatic rings. The van der Waals surface area contributed by atoms with Crippen molar-refractivity contribution in [1.82, 2.24) is 9.97 Å². The molecule has 0 amide bonds. The highest BCUT2D eigenvalue weighted by Crippen LogP contribution is 2.25. The minimum atomic E-state index is 0.168. The van der Waals surface area contributed by atoms with Gasteiger partial charge in [0.05, 0.1) is 20.3 Å². The van der Waals surface area contributed by atoms with Crippen molar-refractivity contribution in [2.45, 2.75) is 19.6 Å². The third-order valence-electron chi connectivity index (χ3n) is 4.02. The Kier molecular flexibility index (Phi) is 5.66. The third kappa shape index (κ3) is 4.49. The summed E-state index contributed by atoms with van der Waals surface area (Å²) in [5, 5.41) is 0. The van der Waals surface area contributed by atoms with Crippen LogP contribution in [0, 0.1) is 0 Å². The van der Waals surface area contributed by atoms with Crippen molar-refractivity contribution in [3.8, 4) is 5.75 Å². The summed E-state index contributed by atoms with van der Waals surface area (Å²) in [7, 11) is 1.65. The van der Waals surface area contributed by atoms with Gasteiger partial charge in [-0.15, -0.1) is 0 Å². The van der Waals surface area contributed by atoms with Crippen molar-refractivity contribution < 1.29 is 9.47 Å². The van der Waals surface area contributed by atoms with E-state index in [1.165, 1.54) is 0 Å². The smallest absolute Gasteiger partial charge is 0.221 e. The Balaban J connectivity index is 1.71. The number of rotatable bonds is 7. The molecule has 0 radical (unpaired) electrons. The quantitative estimate of drug-likeness (QED) is 0.680. The fourth-order valence-corrected chi connectivity index (χ4v) is 2.70. The molecule has 3 rings (SSSR count). The van der Waals surface area contributed by atoms with Crippen molar-refractivity contribution in [2.75, 3.05) is 18.6 Å². The van der Waals surface area contributed by atoms with Crippen LogP contribution in [0.15, 0.2) is 54.7 Å². The maximum atomic E-state index is 5.95. The number of benzene rings is 2. The normalized spacial score (nSPS) is 10.7. The zero-order chi connectivity index (χ0) is 18.4. The molecule has 0 aliphatic carbocycles. The van der Waals surface area contributed by atoms with E-state index in [-0.39, 0.29) is 5.95 Å². The van der Waals surface area contributed by atoms with Gasteiger partial charge in [0.2, 0.25) is 5.95 Å². The molecule has 4 N–H and O–H groups in total. The average Bonchev–Trinajstić information content (AvgIpc) is 2.65. The topological polar surface area (TPSA) is 96.3 Å². The molecule has 0 fully saturated rings. The summed E-state index contributed by atoms with van der Waals surface area (Å²) < 4.78 is 11.3. The van der Waals surface area contributed by atoms with Crippen LogP contribution in [-0.4, -0.2) is 17.1 Å². The molecule has 0 saturated heterocycles. The van der Waals surface area contributed by atoms with Gasteiger partial charge in [0.1, 0.15) is 11.6 Å². The summed E-state index contributed by atoms with van der Waals surface area (Å²) in [6.07, 6.45) is 2.21. The van der Waals surface area contributed by atoms with E-state index in [2.05, 4.69) is 16.0 Å². The second-order valence-corrected chi connectivity index (χ2v) is 5.94. The molecule has 0 saturated carbocycles. The van der Waals surface area contributed by atoms with Crippen LogP contribution >= 0.6 is 0 Å². The molecule has 6 nitrogen and oxygen atoms in total. The Morgan fingerprint density at radius 3 is 2.42 bits per heavy atom. The van der Waals surface area contributed by atoms with Gasteiger partial charge >= 0.3 is 0 Å². The van der Waals surface area contributed by atoms with Crippen molar-refractivity contribution in [3.63, 3.8) is 0 Å². The van der Waals surface area contributed by atoms with Gasteiger partial charge in [-0.2, -0.15) is 4.98 Å². The van der Waals surface area contributed by atoms with Crippen LogP contribution < -0.4 is 16.2 Å². The highest BCUT2D eigenvalue weighted by Gasteiger charge is 2.10. The average molecular weight is 350 g/mol. The number of aromatic nitrogens is 2. The molecule has 0 bridgehead atoms. The van der Waals surface area contributed by atoms with E-state index in [0.717, 1.165) is 28.0 Å². The molecule has 2 aromatic carbocycles. The first kappa shape index (κ1) is 17.7. The van der Waals surface area contributed by atoms with Crippen molar-refractivity contribution in [2.24, 2.45) is 0 Å². The van der Waals surface area contributed by atoms with E-state index in [1.54, 1.807) is 13.3 Å². The molecular weight excluding hydrogens is 328 g/mol. The Morgan fingerprint density at radius 2 is 1.69 bits per heavy atom. The fourth-order valence-electron chi connectivity index (χ4n) is 2.70. The number of methoxy groups -OCH3 is 1. The van der Waals surface area contributed by atoms with Crippen LogP contribution in [0.25, 0.3) is 0 Å². The van der Waals surface area contributed by atoms with Crippen molar-refractivity contribution in [3.05, 3.63) is 77.0 Å². The predicted molar refractivity (Wildman–Crippen MR) is 102 cm³/mol. The van der Waals surface area contributed by atoms with Crippen LogP contribution in [0.2, 0.25) is 0 Å². The predicted octanol–water partition coefficient (Wildman–Crippen LogP) is 2.96. The fraction of sp³-hybridized carbons (Fsp3) is 0.200. The van der Waals surface area contributed by atoms with E-state index < -0.39 is 0 Å². The highest BCUT2D eigenvalue weighted by atomic mass is 16.5. The third-order valence-corrected chi connectivity index (χ3v) is 4.02. The van der Waals surface area contributed by atoms with Gasteiger partial charge in [-0.1, -0.05) is 36.4 Å². The van der Waals surface area contributed by atoms with Gasteiger partial charge in [-0.05, 0) is 28.8 Å². The lowest BCUT2D eigenvalue weighted by molar-refractivity contribution is 0.107. The van der Waals surface area contributed by atoms with Crippen LogP contribution in [0.1, 0.15) is 22.3 Å². The van der Waals surface area contributed by atoms with E-state index in [4.69, 9.17) is 20.9 Å². The maximum Gasteiger partial charge on any atom is 0.221 e. The number of hydrogen-bond donors (Lipinski definition) is 2. The monoisotopic (exact) mass is 350 g/mol. The first-order valence-electron chi connectivity index (χ1n) is 8.30. The Labute approximate surface area is 152 Å². The lowest BCUT2D eigenvalue weighted by atomic mass is 10.0. The summed E-state index contributed by atoms with van der Waals surface area (Å²) in [5.41, 5.74) is 15.5. The Morgan fingerprint density at radius 1 is 0.923 bits per heavy atom. The number of anilines is 2. The largest absolute Gasteiger partial charge is 0.496 e. The molecule has 134 valence electrons. The van der Waals surface area contributed by atoms with Crippen LogP contribution in [-0.2, 0) is 24.4 Å². The highest BCUT2D eigenvalue weighted by molar-refractivity contribution is 5.47. The summed E-state index contributed by atoms with van der Waals surface area (Å²) in [6, 6.07) is 16.1. The van der Waals surface area contributed by atoms with Crippen molar-refractivity contribution >= 4 is 11.8 Å². The maximum absolute atomic E-state index is 5.95. The van der Waals surface area contributed by atoms with Gasteiger partial charge in [-0.25, -0.2) is 4.98 Å². The summed E-state index contributed by atoms with van der Waals surface area (Å²) in [4.78, 5) is 8.03. The minimum Gasteiger partial charge on any atom is -0.496 e. The number of nitrogens with two attached hydrogens (primary N) is 2. The van der Waals surface area contributed by atoms with E-state index in [9.17, 15) is 0 Å². The van der Waals surface area contributed by atoms with Crippen LogP contribution in [0.4, 0.5) is 11.8 Å². The SMILES string of the molecule is COc1ccc(COCc2ccccc2)cc1Cc1cnc(N)nc1N. The van der Waals surface area contributed by atoms with Gasteiger partial charge in [-0.3, -0.25) is 0 Å². The zero-order valence-electron chi connectivity index (χ0n) is 14.7. The lowest BCUT2D eigenvalue weighted by Crippen LogP contribution is -2.05. The Bertz CT molecular complexity index is 869. The van der Waals surface area contributed by atoms with E-state index >= 15 is 0 Å². The Hall–Kier alpha value is -3.12. The molecule has 6 heteroatoms. The molecule has 0 unspecified atom stereocenters. The molecular formula is C20H22N4O2. The standard InChI is InChI=1S/C20H22N4O2/c1-25-18-8-7-15(13-26-12-14-5-3-2-4-6-14)9-16(18)10-17-11-23-20(22)24-19(17)21/h2-9,11H,10,12-13H2,1H3,(H4,21,22,23,24). The van der Waals surface area contributed by atoms with Crippen LogP contribution in [0.3, 0.4) is 0 Å². The van der Waals surface area contributed by atoms with Crippen molar-refractivity contribution in [1.29, 1.82) is 0 Å². The number of hydrogen-bond acceptors (Lipinski definition) is 6. The van der Waals surface area contributed by atoms with Gasteiger partial charge in [0, 0.05) is 18.2 Å². The molecule has 3 aromatic rings. The molecule has 0 spiro atoms. The summed E-state index contributed by atoms with van der Waals surface area (Å²) in [5.74, 6) is 1.33. The van der Waals surface area contributed by atoms with E-state index in [1.807, 2.05) is 42.5 Å². The van der Waals surface area contributed by atoms with Crippen LogP contribution in [0.5, 0.6) is 5.75 Å². The van der Waals surface area contributed by atoms with Gasteiger partial charge < -0.3 is 20.9 Å². The minimum absolute atomic E-state index is 0.168. The lowest BCUT2D eigenvalue weighted by Gasteiger charge is -2.12. The number of nitrogen functional groups attached to an aromatic ring is 2. The number of ether oxygens (including phenoxy) is 2. The second kappa shape index (κ2) is 8.31. The second-order valence-electron chi connectivity index (χ2n) is 5.94. The number of nitrogens with zero attached hydrogens (tertiary/aromatic N) is 2. The molecule has 1 aromatic heterocycles. The molecule has 1 heterocycles. The molecule has 0 atom stereocenters. The van der Waals surface area contributed by atoms with Gasteiger partial charge in [0.25, 0.3) is 0 Å². The molecule has 26 heavy (non-hydrogen) atoms. The van der Waals surface area contributed by atoms with E-state index in [0.29, 0.717) is 25.5 Å². The summed E-state index contributed by atoms with van der Waals surface area (Å²) >= 11 is 0. The first-order valence-corrected chi connectivity index (χ1v) is 8.30. The first-order chi connectivity index (χ1) is 12.7. The summed E-state index contributed by atoms with van der Waals surface area (Å²) in [6.45, 7) is 1.08. The van der Waals surface area contributed by atoms with Gasteiger partial charge in [0.15, 0.2) is 0 Å². The zero-order valence-corrected chi connectivity index (χ0v) is 14.7. The molecule has 0 aliphatic heterocycles.